The molecule has 0 aliphatic carbocycles. The van der Waals surface area contributed by atoms with Gasteiger partial charge < -0.3 is 4.42 Å². The summed E-state index contributed by atoms with van der Waals surface area (Å²) in [6.07, 6.45) is 1.66. The molecule has 0 radical (unpaired) electrons. The zero-order chi connectivity index (χ0) is 8.81. The van der Waals surface area contributed by atoms with Crippen molar-refractivity contribution in [2.24, 2.45) is 0 Å². The van der Waals surface area contributed by atoms with Gasteiger partial charge in [-0.15, -0.1) is 11.3 Å². The van der Waals surface area contributed by atoms with Crippen LogP contribution in [-0.4, -0.2) is 0 Å². The van der Waals surface area contributed by atoms with Gasteiger partial charge in [0.25, 0.3) is 0 Å². The molecular weight excluding hydrogens is 168 g/mol. The van der Waals surface area contributed by atoms with E-state index in [2.05, 4.69) is 24.4 Å². The SMILES string of the molecule is Cc1ccco1.Cc1cccs1. The van der Waals surface area contributed by atoms with E-state index in [0.717, 1.165) is 5.76 Å². The maximum Gasteiger partial charge on any atom is 0.100 e. The smallest absolute Gasteiger partial charge is 0.100 e. The third-order valence-electron chi connectivity index (χ3n) is 1.33. The van der Waals surface area contributed by atoms with Crippen LogP contribution < -0.4 is 0 Å². The van der Waals surface area contributed by atoms with E-state index in [1.54, 1.807) is 17.6 Å². The van der Waals surface area contributed by atoms with Gasteiger partial charge in [-0.25, -0.2) is 0 Å². The lowest BCUT2D eigenvalue weighted by molar-refractivity contribution is 0.534. The molecule has 0 N–H and O–H groups in total. The Morgan fingerprint density at radius 1 is 1.17 bits per heavy atom. The van der Waals surface area contributed by atoms with E-state index in [9.17, 15) is 0 Å². The van der Waals surface area contributed by atoms with Gasteiger partial charge in [-0.2, -0.15) is 0 Å². The predicted molar refractivity (Wildman–Crippen MR) is 52.5 cm³/mol. The van der Waals surface area contributed by atoms with Gasteiger partial charge in [-0.05, 0) is 37.4 Å². The summed E-state index contributed by atoms with van der Waals surface area (Å²) in [7, 11) is 0. The molecule has 0 saturated carbocycles. The molecule has 0 aliphatic rings. The van der Waals surface area contributed by atoms with Gasteiger partial charge in [0, 0.05) is 4.88 Å². The first-order chi connectivity index (χ1) is 5.79. The Balaban J connectivity index is 0.000000120. The summed E-state index contributed by atoms with van der Waals surface area (Å²) in [5, 5.41) is 2.08. The molecule has 2 heterocycles. The van der Waals surface area contributed by atoms with Crippen LogP contribution in [-0.2, 0) is 0 Å². The summed E-state index contributed by atoms with van der Waals surface area (Å²) in [5.74, 6) is 0.968. The van der Waals surface area contributed by atoms with Crippen molar-refractivity contribution in [1.82, 2.24) is 0 Å². The number of hydrogen-bond acceptors (Lipinski definition) is 2. The molecule has 0 aromatic carbocycles. The van der Waals surface area contributed by atoms with Crippen molar-refractivity contribution in [2.75, 3.05) is 0 Å². The van der Waals surface area contributed by atoms with Crippen LogP contribution in [0.25, 0.3) is 0 Å². The zero-order valence-corrected chi connectivity index (χ0v) is 8.10. The molecular formula is C10H12OS. The lowest BCUT2D eigenvalue weighted by Crippen LogP contribution is -1.48. The maximum atomic E-state index is 4.83. The second-order valence-corrected chi connectivity index (χ2v) is 3.60. The first-order valence-corrected chi connectivity index (χ1v) is 4.67. The highest BCUT2D eigenvalue weighted by molar-refractivity contribution is 7.09. The van der Waals surface area contributed by atoms with Gasteiger partial charge in [-0.3, -0.25) is 0 Å². The molecule has 2 aromatic rings. The Labute approximate surface area is 76.7 Å². The van der Waals surface area contributed by atoms with Crippen LogP contribution in [0.2, 0.25) is 0 Å². The fourth-order valence-corrected chi connectivity index (χ4v) is 1.25. The Hall–Kier alpha value is -1.02. The topological polar surface area (TPSA) is 13.1 Å². The van der Waals surface area contributed by atoms with Gasteiger partial charge in [0.2, 0.25) is 0 Å². The summed E-state index contributed by atoms with van der Waals surface area (Å²) in [6.45, 7) is 4.02. The molecule has 0 aliphatic heterocycles. The van der Waals surface area contributed by atoms with E-state index in [1.165, 1.54) is 4.88 Å². The number of furan rings is 1. The molecule has 2 aromatic heterocycles. The maximum absolute atomic E-state index is 4.83. The van der Waals surface area contributed by atoms with Crippen LogP contribution in [0.1, 0.15) is 10.6 Å². The van der Waals surface area contributed by atoms with Gasteiger partial charge in [0.1, 0.15) is 5.76 Å². The number of aryl methyl sites for hydroxylation is 2. The van der Waals surface area contributed by atoms with Gasteiger partial charge in [0.15, 0.2) is 0 Å². The minimum atomic E-state index is 0.968. The van der Waals surface area contributed by atoms with E-state index in [-0.39, 0.29) is 0 Å². The van der Waals surface area contributed by atoms with Crippen molar-refractivity contribution < 1.29 is 4.42 Å². The van der Waals surface area contributed by atoms with Crippen LogP contribution in [0.3, 0.4) is 0 Å². The molecule has 0 atom stereocenters. The van der Waals surface area contributed by atoms with Crippen LogP contribution in [0, 0.1) is 13.8 Å². The highest BCUT2D eigenvalue weighted by atomic mass is 32.1. The molecule has 64 valence electrons. The second-order valence-electron chi connectivity index (χ2n) is 2.45. The Kier molecular flexibility index (Phi) is 3.61. The van der Waals surface area contributed by atoms with Gasteiger partial charge >= 0.3 is 0 Å². The van der Waals surface area contributed by atoms with Crippen molar-refractivity contribution in [3.05, 3.63) is 46.5 Å². The summed E-state index contributed by atoms with van der Waals surface area (Å²) < 4.78 is 4.83. The third kappa shape index (κ3) is 3.39. The monoisotopic (exact) mass is 180 g/mol. The number of rotatable bonds is 0. The molecule has 0 unspecified atom stereocenters. The van der Waals surface area contributed by atoms with E-state index in [0.29, 0.717) is 0 Å². The molecule has 0 amide bonds. The van der Waals surface area contributed by atoms with E-state index in [4.69, 9.17) is 4.42 Å². The Morgan fingerprint density at radius 2 is 2.00 bits per heavy atom. The van der Waals surface area contributed by atoms with E-state index < -0.39 is 0 Å². The van der Waals surface area contributed by atoms with Crippen molar-refractivity contribution in [1.29, 1.82) is 0 Å². The van der Waals surface area contributed by atoms with Crippen LogP contribution in [0.15, 0.2) is 40.3 Å². The zero-order valence-electron chi connectivity index (χ0n) is 7.28. The number of thiophene rings is 1. The van der Waals surface area contributed by atoms with Crippen LogP contribution in [0.5, 0.6) is 0 Å². The molecule has 12 heavy (non-hydrogen) atoms. The Bertz CT molecular complexity index is 249. The molecule has 0 saturated heterocycles. The van der Waals surface area contributed by atoms with Crippen molar-refractivity contribution in [2.45, 2.75) is 13.8 Å². The van der Waals surface area contributed by atoms with E-state index >= 15 is 0 Å². The van der Waals surface area contributed by atoms with Crippen LogP contribution >= 0.6 is 11.3 Å². The lowest BCUT2D eigenvalue weighted by atomic mass is 10.5. The Morgan fingerprint density at radius 3 is 2.17 bits per heavy atom. The van der Waals surface area contributed by atoms with Gasteiger partial charge in [-0.1, -0.05) is 6.07 Å². The standard InChI is InChI=1S/C5H6O.C5H6S/c2*1-5-3-2-4-6-5/h2*2-4H,1H3. The highest BCUT2D eigenvalue weighted by Crippen LogP contribution is 2.03. The second kappa shape index (κ2) is 4.78. The summed E-state index contributed by atoms with van der Waals surface area (Å²) >= 11 is 1.78. The minimum Gasteiger partial charge on any atom is -0.470 e. The fourth-order valence-electron chi connectivity index (χ4n) is 0.721. The third-order valence-corrected chi connectivity index (χ3v) is 2.13. The minimum absolute atomic E-state index is 0.968. The average Bonchev–Trinajstić information content (AvgIpc) is 2.63. The average molecular weight is 180 g/mol. The van der Waals surface area contributed by atoms with Crippen molar-refractivity contribution in [3.63, 3.8) is 0 Å². The predicted octanol–water partition coefficient (Wildman–Crippen LogP) is 3.64. The van der Waals surface area contributed by atoms with Crippen molar-refractivity contribution >= 4 is 11.3 Å². The molecule has 2 heteroatoms. The van der Waals surface area contributed by atoms with Crippen LogP contribution in [0.4, 0.5) is 0 Å². The van der Waals surface area contributed by atoms with Crippen molar-refractivity contribution in [3.8, 4) is 0 Å². The summed E-state index contributed by atoms with van der Waals surface area (Å²) in [4.78, 5) is 1.38. The lowest BCUT2D eigenvalue weighted by Gasteiger charge is -1.69. The van der Waals surface area contributed by atoms with E-state index in [1.807, 2.05) is 19.1 Å². The summed E-state index contributed by atoms with van der Waals surface area (Å²) in [5.41, 5.74) is 0. The number of hydrogen-bond donors (Lipinski definition) is 0. The molecule has 0 bridgehead atoms. The summed E-state index contributed by atoms with van der Waals surface area (Å²) in [6, 6.07) is 7.94. The highest BCUT2D eigenvalue weighted by Gasteiger charge is 1.76. The molecule has 0 spiro atoms. The quantitative estimate of drug-likeness (QED) is 0.603. The molecule has 2 rings (SSSR count). The molecule has 1 nitrogen and oxygen atoms in total. The normalized spacial score (nSPS) is 8.83. The van der Waals surface area contributed by atoms with Gasteiger partial charge in [0.05, 0.1) is 6.26 Å². The first kappa shape index (κ1) is 9.07. The largest absolute Gasteiger partial charge is 0.470 e. The molecule has 0 fully saturated rings. The first-order valence-electron chi connectivity index (χ1n) is 3.79. The fraction of sp³-hybridized carbons (Fsp3) is 0.200.